The van der Waals surface area contributed by atoms with Crippen molar-refractivity contribution in [2.75, 3.05) is 6.54 Å². The minimum Gasteiger partial charge on any atom is -0.306 e. The smallest absolute Gasteiger partial charge is 0.123 e. The Hall–Kier alpha value is -1.19. The summed E-state index contributed by atoms with van der Waals surface area (Å²) in [5.74, 6) is -0.163. The van der Waals surface area contributed by atoms with Crippen LogP contribution in [-0.2, 0) is 6.42 Å². The Balaban J connectivity index is 2.44. The molecule has 2 aromatic rings. The quantitative estimate of drug-likeness (QED) is 0.802. The molecule has 0 saturated carbocycles. The highest BCUT2D eigenvalue weighted by Crippen LogP contribution is 2.32. The number of hydrogen-bond acceptors (Lipinski definition) is 2. The van der Waals surface area contributed by atoms with E-state index >= 15 is 0 Å². The third-order valence-corrected chi connectivity index (χ3v) is 4.60. The number of halogens is 1. The molecule has 2 rings (SSSR count). The molecule has 0 saturated heterocycles. The van der Waals surface area contributed by atoms with Gasteiger partial charge in [0.15, 0.2) is 0 Å². The second-order valence-electron chi connectivity index (χ2n) is 5.05. The van der Waals surface area contributed by atoms with Gasteiger partial charge in [-0.25, -0.2) is 4.39 Å². The summed E-state index contributed by atoms with van der Waals surface area (Å²) in [7, 11) is 0. The third kappa shape index (κ3) is 3.28. The summed E-state index contributed by atoms with van der Waals surface area (Å²) in [5.41, 5.74) is 3.54. The van der Waals surface area contributed by atoms with Gasteiger partial charge < -0.3 is 5.32 Å². The molecule has 1 atom stereocenters. The van der Waals surface area contributed by atoms with Gasteiger partial charge in [0.05, 0.1) is 6.04 Å². The first-order chi connectivity index (χ1) is 9.67. The van der Waals surface area contributed by atoms with Gasteiger partial charge in [0.2, 0.25) is 0 Å². The Kier molecular flexibility index (Phi) is 5.32. The predicted octanol–water partition coefficient (Wildman–Crippen LogP) is 4.85. The van der Waals surface area contributed by atoms with E-state index in [1.54, 1.807) is 17.4 Å². The van der Waals surface area contributed by atoms with E-state index in [9.17, 15) is 4.39 Å². The molecule has 1 unspecified atom stereocenters. The van der Waals surface area contributed by atoms with Crippen molar-refractivity contribution >= 4 is 11.3 Å². The molecule has 3 heteroatoms. The van der Waals surface area contributed by atoms with Crippen LogP contribution in [0.1, 0.15) is 47.9 Å². The summed E-state index contributed by atoms with van der Waals surface area (Å²) in [6.45, 7) is 7.30. The number of benzene rings is 1. The maximum atomic E-state index is 13.6. The standard InChI is InChI=1S/C17H22FNS/c1-4-9-19-16(17-13(5-2)8-10-20-17)15-11-14(18)7-6-12(15)3/h6-8,10-11,16,19H,4-5,9H2,1-3H3. The molecular formula is C17H22FNS. The lowest BCUT2D eigenvalue weighted by Gasteiger charge is -2.21. The van der Waals surface area contributed by atoms with Crippen molar-refractivity contribution in [3.63, 3.8) is 0 Å². The molecule has 1 heterocycles. The molecule has 108 valence electrons. The summed E-state index contributed by atoms with van der Waals surface area (Å²) in [6, 6.07) is 7.34. The first kappa shape index (κ1) is 15.2. The summed E-state index contributed by atoms with van der Waals surface area (Å²) in [5, 5.41) is 5.70. The Labute approximate surface area is 124 Å². The van der Waals surface area contributed by atoms with Gasteiger partial charge in [-0.1, -0.05) is 19.9 Å². The molecule has 0 fully saturated rings. The number of thiophene rings is 1. The molecule has 1 aromatic heterocycles. The van der Waals surface area contributed by atoms with Crippen LogP contribution in [0.25, 0.3) is 0 Å². The zero-order valence-corrected chi connectivity index (χ0v) is 13.2. The SMILES string of the molecule is CCCNC(c1cc(F)ccc1C)c1sccc1CC. The normalized spacial score (nSPS) is 12.6. The maximum Gasteiger partial charge on any atom is 0.123 e. The molecule has 0 aliphatic rings. The molecule has 0 amide bonds. The van der Waals surface area contributed by atoms with E-state index in [-0.39, 0.29) is 11.9 Å². The van der Waals surface area contributed by atoms with Crippen LogP contribution in [0.15, 0.2) is 29.6 Å². The van der Waals surface area contributed by atoms with Crippen LogP contribution in [0.2, 0.25) is 0 Å². The zero-order valence-electron chi connectivity index (χ0n) is 12.4. The zero-order chi connectivity index (χ0) is 14.5. The van der Waals surface area contributed by atoms with Gasteiger partial charge in [-0.15, -0.1) is 11.3 Å². The number of nitrogens with one attached hydrogen (secondary N) is 1. The minimum absolute atomic E-state index is 0.0978. The van der Waals surface area contributed by atoms with E-state index in [2.05, 4.69) is 37.5 Å². The van der Waals surface area contributed by atoms with Crippen LogP contribution >= 0.6 is 11.3 Å². The Morgan fingerprint density at radius 2 is 2.05 bits per heavy atom. The summed E-state index contributed by atoms with van der Waals surface area (Å²) in [6.07, 6.45) is 2.08. The van der Waals surface area contributed by atoms with E-state index in [0.717, 1.165) is 30.5 Å². The van der Waals surface area contributed by atoms with Gasteiger partial charge in [-0.05, 0) is 66.6 Å². The lowest BCUT2D eigenvalue weighted by molar-refractivity contribution is 0.586. The summed E-state index contributed by atoms with van der Waals surface area (Å²) >= 11 is 1.76. The summed E-state index contributed by atoms with van der Waals surface area (Å²) < 4.78 is 13.6. The van der Waals surface area contributed by atoms with Crippen molar-refractivity contribution in [3.05, 3.63) is 57.0 Å². The van der Waals surface area contributed by atoms with Gasteiger partial charge in [0, 0.05) is 4.88 Å². The first-order valence-corrected chi connectivity index (χ1v) is 8.11. The van der Waals surface area contributed by atoms with Crippen LogP contribution in [0.4, 0.5) is 4.39 Å². The summed E-state index contributed by atoms with van der Waals surface area (Å²) in [4.78, 5) is 1.31. The van der Waals surface area contributed by atoms with E-state index < -0.39 is 0 Å². The Bertz CT molecular complexity index is 562. The molecule has 1 N–H and O–H groups in total. The van der Waals surface area contributed by atoms with Gasteiger partial charge in [0.1, 0.15) is 5.82 Å². The fraction of sp³-hybridized carbons (Fsp3) is 0.412. The Morgan fingerprint density at radius 1 is 1.25 bits per heavy atom. The second-order valence-corrected chi connectivity index (χ2v) is 6.00. The van der Waals surface area contributed by atoms with Crippen molar-refractivity contribution in [2.24, 2.45) is 0 Å². The fourth-order valence-electron chi connectivity index (χ4n) is 2.45. The maximum absolute atomic E-state index is 13.6. The molecule has 0 spiro atoms. The van der Waals surface area contributed by atoms with Crippen molar-refractivity contribution in [2.45, 2.75) is 39.7 Å². The van der Waals surface area contributed by atoms with E-state index in [1.807, 2.05) is 6.07 Å². The van der Waals surface area contributed by atoms with Crippen molar-refractivity contribution in [1.29, 1.82) is 0 Å². The van der Waals surface area contributed by atoms with Crippen molar-refractivity contribution in [3.8, 4) is 0 Å². The van der Waals surface area contributed by atoms with Crippen LogP contribution < -0.4 is 5.32 Å². The first-order valence-electron chi connectivity index (χ1n) is 7.23. The molecule has 0 radical (unpaired) electrons. The molecular weight excluding hydrogens is 269 g/mol. The van der Waals surface area contributed by atoms with Crippen LogP contribution in [-0.4, -0.2) is 6.54 Å². The molecule has 1 aromatic carbocycles. The topological polar surface area (TPSA) is 12.0 Å². The highest BCUT2D eigenvalue weighted by molar-refractivity contribution is 7.10. The third-order valence-electron chi connectivity index (χ3n) is 3.57. The molecule has 20 heavy (non-hydrogen) atoms. The average Bonchev–Trinajstić information content (AvgIpc) is 2.91. The number of aryl methyl sites for hydroxylation is 2. The van der Waals surface area contributed by atoms with Crippen LogP contribution in [0.5, 0.6) is 0 Å². The number of rotatable bonds is 6. The van der Waals surface area contributed by atoms with E-state index in [4.69, 9.17) is 0 Å². The van der Waals surface area contributed by atoms with Crippen molar-refractivity contribution < 1.29 is 4.39 Å². The molecule has 1 nitrogen and oxygen atoms in total. The molecule has 0 aliphatic heterocycles. The van der Waals surface area contributed by atoms with Gasteiger partial charge >= 0.3 is 0 Å². The average molecular weight is 291 g/mol. The fourth-order valence-corrected chi connectivity index (χ4v) is 3.54. The van der Waals surface area contributed by atoms with Crippen LogP contribution in [0, 0.1) is 12.7 Å². The lowest BCUT2D eigenvalue weighted by atomic mass is 9.97. The minimum atomic E-state index is -0.163. The molecule has 0 bridgehead atoms. The van der Waals surface area contributed by atoms with Crippen LogP contribution in [0.3, 0.4) is 0 Å². The monoisotopic (exact) mass is 291 g/mol. The highest BCUT2D eigenvalue weighted by Gasteiger charge is 2.19. The lowest BCUT2D eigenvalue weighted by Crippen LogP contribution is -2.24. The predicted molar refractivity (Wildman–Crippen MR) is 85.0 cm³/mol. The van der Waals surface area contributed by atoms with E-state index in [0.29, 0.717) is 0 Å². The van der Waals surface area contributed by atoms with Gasteiger partial charge in [0.25, 0.3) is 0 Å². The number of hydrogen-bond donors (Lipinski definition) is 1. The largest absolute Gasteiger partial charge is 0.306 e. The van der Waals surface area contributed by atoms with E-state index in [1.165, 1.54) is 16.5 Å². The molecule has 0 aliphatic carbocycles. The highest BCUT2D eigenvalue weighted by atomic mass is 32.1. The van der Waals surface area contributed by atoms with Gasteiger partial charge in [-0.2, -0.15) is 0 Å². The Morgan fingerprint density at radius 3 is 2.75 bits per heavy atom. The van der Waals surface area contributed by atoms with Crippen molar-refractivity contribution in [1.82, 2.24) is 5.32 Å². The van der Waals surface area contributed by atoms with Gasteiger partial charge in [-0.3, -0.25) is 0 Å². The second kappa shape index (κ2) is 7.00.